The van der Waals surface area contributed by atoms with Crippen molar-refractivity contribution in [3.05, 3.63) is 29.8 Å². The maximum Gasteiger partial charge on any atom is 0.305 e. The highest BCUT2D eigenvalue weighted by Gasteiger charge is 2.45. The molecule has 2 rings (SSSR count). The Labute approximate surface area is 137 Å². The average Bonchev–Trinajstić information content (AvgIpc) is 3.31. The molecular formula is C18H25NO4. The Morgan fingerprint density at radius 3 is 2.74 bits per heavy atom. The third-order valence-corrected chi connectivity index (χ3v) is 4.12. The molecule has 1 aromatic carbocycles. The Kier molecular flexibility index (Phi) is 5.64. The van der Waals surface area contributed by atoms with E-state index < -0.39 is 5.97 Å². The van der Waals surface area contributed by atoms with Crippen LogP contribution in [-0.4, -0.2) is 42.1 Å². The molecular weight excluding hydrogens is 294 g/mol. The minimum absolute atomic E-state index is 0.00495. The van der Waals surface area contributed by atoms with E-state index in [1.54, 1.807) is 12.0 Å². The number of hydrogen-bond acceptors (Lipinski definition) is 3. The van der Waals surface area contributed by atoms with Gasteiger partial charge in [-0.1, -0.05) is 26.0 Å². The molecule has 1 aliphatic rings. The lowest BCUT2D eigenvalue weighted by Crippen LogP contribution is -2.37. The van der Waals surface area contributed by atoms with Gasteiger partial charge in [-0.25, -0.2) is 0 Å². The molecule has 1 aliphatic carbocycles. The Hall–Kier alpha value is -2.04. The van der Waals surface area contributed by atoms with Crippen molar-refractivity contribution < 1.29 is 19.4 Å². The fraction of sp³-hybridized carbons (Fsp3) is 0.556. The van der Waals surface area contributed by atoms with Gasteiger partial charge in [0.2, 0.25) is 5.91 Å². The molecule has 0 radical (unpaired) electrons. The quantitative estimate of drug-likeness (QED) is 0.800. The average molecular weight is 319 g/mol. The minimum Gasteiger partial charge on any atom is -0.497 e. The minimum atomic E-state index is -0.869. The van der Waals surface area contributed by atoms with Gasteiger partial charge < -0.3 is 14.7 Å². The molecule has 1 fully saturated rings. The van der Waals surface area contributed by atoms with Crippen LogP contribution in [0.15, 0.2) is 24.3 Å². The first kappa shape index (κ1) is 17.3. The summed E-state index contributed by atoms with van der Waals surface area (Å²) in [5.74, 6) is 0.512. The second kappa shape index (κ2) is 7.49. The molecule has 23 heavy (non-hydrogen) atoms. The predicted octanol–water partition coefficient (Wildman–Crippen LogP) is 2.76. The van der Waals surface area contributed by atoms with Crippen LogP contribution in [0.5, 0.6) is 5.75 Å². The molecule has 1 aromatic rings. The number of methoxy groups -OCH3 is 1. The molecule has 0 bridgehead atoms. The monoisotopic (exact) mass is 319 g/mol. The van der Waals surface area contributed by atoms with Gasteiger partial charge >= 0.3 is 5.97 Å². The number of benzene rings is 1. The van der Waals surface area contributed by atoms with Crippen LogP contribution < -0.4 is 4.74 Å². The first-order valence-electron chi connectivity index (χ1n) is 8.07. The molecule has 0 aromatic heterocycles. The highest BCUT2D eigenvalue weighted by molar-refractivity contribution is 5.83. The number of carboxylic acid groups (broad SMARTS) is 1. The summed E-state index contributed by atoms with van der Waals surface area (Å²) in [7, 11) is 1.63. The predicted molar refractivity (Wildman–Crippen MR) is 87.5 cm³/mol. The van der Waals surface area contributed by atoms with Crippen LogP contribution in [0.3, 0.4) is 0 Å². The fourth-order valence-electron chi connectivity index (χ4n) is 2.91. The Morgan fingerprint density at radius 2 is 2.13 bits per heavy atom. The number of amides is 1. The second-order valence-corrected chi connectivity index (χ2v) is 6.55. The van der Waals surface area contributed by atoms with Crippen molar-refractivity contribution >= 4 is 11.9 Å². The van der Waals surface area contributed by atoms with E-state index in [2.05, 4.69) is 0 Å². The molecule has 0 heterocycles. The summed E-state index contributed by atoms with van der Waals surface area (Å²) in [6.45, 7) is 4.96. The van der Waals surface area contributed by atoms with Crippen LogP contribution in [0, 0.1) is 11.8 Å². The van der Waals surface area contributed by atoms with Gasteiger partial charge in [0.05, 0.1) is 13.5 Å². The first-order valence-corrected chi connectivity index (χ1v) is 8.07. The van der Waals surface area contributed by atoms with Gasteiger partial charge in [0.1, 0.15) is 5.75 Å². The Bertz CT molecular complexity index is 570. The third-order valence-electron chi connectivity index (χ3n) is 4.12. The van der Waals surface area contributed by atoms with Crippen LogP contribution in [-0.2, 0) is 9.59 Å². The Balaban J connectivity index is 2.01. The maximum absolute atomic E-state index is 12.7. The number of aliphatic carboxylic acids is 1. The SMILES string of the molecule is COc1cccc(C2CC2C(=O)N(CCC(=O)O)CC(C)C)c1. The summed E-state index contributed by atoms with van der Waals surface area (Å²) >= 11 is 0. The van der Waals surface area contributed by atoms with Gasteiger partial charge in [-0.05, 0) is 36.0 Å². The van der Waals surface area contributed by atoms with Crippen molar-refractivity contribution in [3.8, 4) is 5.75 Å². The summed E-state index contributed by atoms with van der Waals surface area (Å²) in [6, 6.07) is 7.82. The number of nitrogens with zero attached hydrogens (tertiary/aromatic N) is 1. The van der Waals surface area contributed by atoms with E-state index in [0.29, 0.717) is 12.5 Å². The molecule has 0 saturated heterocycles. The van der Waals surface area contributed by atoms with E-state index in [0.717, 1.165) is 17.7 Å². The highest BCUT2D eigenvalue weighted by Crippen LogP contribution is 2.49. The van der Waals surface area contributed by atoms with E-state index >= 15 is 0 Å². The summed E-state index contributed by atoms with van der Waals surface area (Å²) in [6.07, 6.45) is 0.822. The lowest BCUT2D eigenvalue weighted by atomic mass is 10.1. The van der Waals surface area contributed by atoms with E-state index in [1.807, 2.05) is 38.1 Å². The molecule has 2 unspecified atom stereocenters. The number of carbonyl (C=O) groups is 2. The summed E-state index contributed by atoms with van der Waals surface area (Å²) in [5.41, 5.74) is 1.12. The van der Waals surface area contributed by atoms with Gasteiger partial charge in [-0.15, -0.1) is 0 Å². The molecule has 126 valence electrons. The van der Waals surface area contributed by atoms with Crippen LogP contribution in [0.25, 0.3) is 0 Å². The first-order chi connectivity index (χ1) is 10.9. The standard InChI is InChI=1S/C18H25NO4/c1-12(2)11-19(8-7-17(20)21)18(22)16-10-15(16)13-5-4-6-14(9-13)23-3/h4-6,9,12,15-16H,7-8,10-11H2,1-3H3,(H,20,21). The van der Waals surface area contributed by atoms with Crippen LogP contribution in [0.4, 0.5) is 0 Å². The number of carbonyl (C=O) groups excluding carboxylic acids is 1. The number of hydrogen-bond donors (Lipinski definition) is 1. The van der Waals surface area contributed by atoms with Gasteiger partial charge in [-0.2, -0.15) is 0 Å². The maximum atomic E-state index is 12.7. The zero-order valence-electron chi connectivity index (χ0n) is 14.0. The zero-order valence-corrected chi connectivity index (χ0v) is 14.0. The van der Waals surface area contributed by atoms with Crippen molar-refractivity contribution in [1.29, 1.82) is 0 Å². The second-order valence-electron chi connectivity index (χ2n) is 6.55. The van der Waals surface area contributed by atoms with Crippen molar-refractivity contribution in [2.24, 2.45) is 11.8 Å². The van der Waals surface area contributed by atoms with E-state index in [-0.39, 0.29) is 30.7 Å². The zero-order chi connectivity index (χ0) is 17.0. The lowest BCUT2D eigenvalue weighted by Gasteiger charge is -2.24. The van der Waals surface area contributed by atoms with Gasteiger partial charge in [0.25, 0.3) is 0 Å². The Morgan fingerprint density at radius 1 is 1.39 bits per heavy atom. The van der Waals surface area contributed by atoms with Crippen molar-refractivity contribution in [2.45, 2.75) is 32.6 Å². The summed E-state index contributed by atoms with van der Waals surface area (Å²) in [5, 5.41) is 8.87. The fourth-order valence-corrected chi connectivity index (χ4v) is 2.91. The molecule has 5 nitrogen and oxygen atoms in total. The van der Waals surface area contributed by atoms with E-state index in [4.69, 9.17) is 9.84 Å². The molecule has 5 heteroatoms. The van der Waals surface area contributed by atoms with E-state index in [1.165, 1.54) is 0 Å². The normalized spacial score (nSPS) is 19.5. The summed E-state index contributed by atoms with van der Waals surface area (Å²) in [4.78, 5) is 25.2. The van der Waals surface area contributed by atoms with Gasteiger partial charge in [-0.3, -0.25) is 9.59 Å². The topological polar surface area (TPSA) is 66.8 Å². The number of rotatable bonds is 8. The largest absolute Gasteiger partial charge is 0.497 e. The molecule has 2 atom stereocenters. The lowest BCUT2D eigenvalue weighted by molar-refractivity contribution is -0.139. The molecule has 1 amide bonds. The van der Waals surface area contributed by atoms with Crippen LogP contribution in [0.2, 0.25) is 0 Å². The van der Waals surface area contributed by atoms with Crippen LogP contribution in [0.1, 0.15) is 38.2 Å². The highest BCUT2D eigenvalue weighted by atomic mass is 16.5. The molecule has 1 saturated carbocycles. The van der Waals surface area contributed by atoms with Crippen molar-refractivity contribution in [1.82, 2.24) is 4.90 Å². The van der Waals surface area contributed by atoms with Gasteiger partial charge in [0, 0.05) is 19.0 Å². The van der Waals surface area contributed by atoms with Crippen molar-refractivity contribution in [2.75, 3.05) is 20.2 Å². The number of carboxylic acids is 1. The van der Waals surface area contributed by atoms with Crippen LogP contribution >= 0.6 is 0 Å². The molecule has 0 aliphatic heterocycles. The number of ether oxygens (including phenoxy) is 1. The van der Waals surface area contributed by atoms with E-state index in [9.17, 15) is 9.59 Å². The molecule has 0 spiro atoms. The molecule has 1 N–H and O–H groups in total. The van der Waals surface area contributed by atoms with Crippen molar-refractivity contribution in [3.63, 3.8) is 0 Å². The third kappa shape index (κ3) is 4.71. The van der Waals surface area contributed by atoms with Gasteiger partial charge in [0.15, 0.2) is 0 Å². The summed E-state index contributed by atoms with van der Waals surface area (Å²) < 4.78 is 5.23. The smallest absolute Gasteiger partial charge is 0.305 e.